The molecule has 0 aliphatic carbocycles. The molecule has 0 aliphatic rings. The third-order valence-corrected chi connectivity index (χ3v) is 2.71. The van der Waals surface area contributed by atoms with Gasteiger partial charge in [0.25, 0.3) is 0 Å². The van der Waals surface area contributed by atoms with E-state index in [2.05, 4.69) is 14.8 Å². The van der Waals surface area contributed by atoms with Crippen LogP contribution in [0.4, 0.5) is 4.39 Å². The maximum Gasteiger partial charge on any atom is 0.340 e. The molecule has 8 heteroatoms. The number of carbonyl (C=O) groups is 1. The Labute approximate surface area is 114 Å². The molecule has 7 nitrogen and oxygen atoms in total. The fourth-order valence-electron chi connectivity index (χ4n) is 1.65. The molecule has 0 bridgehead atoms. The van der Waals surface area contributed by atoms with Crippen LogP contribution in [0, 0.1) is 5.82 Å². The summed E-state index contributed by atoms with van der Waals surface area (Å²) >= 11 is 0. The van der Waals surface area contributed by atoms with Crippen LogP contribution in [0.25, 0.3) is 10.4 Å². The second-order valence-corrected chi connectivity index (χ2v) is 3.96. The molecule has 0 heterocycles. The molecule has 0 fully saturated rings. The van der Waals surface area contributed by atoms with Crippen LogP contribution in [0.15, 0.2) is 23.3 Å². The largest absolute Gasteiger partial charge is 0.465 e. The first-order chi connectivity index (χ1) is 9.52. The highest BCUT2D eigenvalue weighted by Gasteiger charge is 2.24. The average Bonchev–Trinajstić information content (AvgIpc) is 2.46. The lowest BCUT2D eigenvalue weighted by Crippen LogP contribution is -2.21. The van der Waals surface area contributed by atoms with Gasteiger partial charge in [0.15, 0.2) is 0 Å². The van der Waals surface area contributed by atoms with Crippen molar-refractivity contribution in [3.05, 3.63) is 45.6 Å². The van der Waals surface area contributed by atoms with Crippen LogP contribution in [0.2, 0.25) is 0 Å². The average molecular weight is 283 g/mol. The molecular formula is C12H14FN3O4. The maximum atomic E-state index is 14.1. The first kappa shape index (κ1) is 15.9. The standard InChI is InChI=1S/C12H14FN3O4/c1-20-12(19)8-4-2-3-7(10(8)13)11(18)9(17)5-6-15-16-14/h2-4,9,11,17-18H,5-6H2,1H3. The Morgan fingerprint density at radius 2 is 2.25 bits per heavy atom. The van der Waals surface area contributed by atoms with Crippen LogP contribution < -0.4 is 0 Å². The molecule has 108 valence electrons. The number of carbonyl (C=O) groups excluding carboxylic acids is 1. The molecule has 1 aromatic rings. The van der Waals surface area contributed by atoms with Crippen LogP contribution in [0.5, 0.6) is 0 Å². The highest BCUT2D eigenvalue weighted by molar-refractivity contribution is 5.89. The van der Waals surface area contributed by atoms with E-state index in [9.17, 15) is 19.4 Å². The van der Waals surface area contributed by atoms with Crippen molar-refractivity contribution in [1.29, 1.82) is 0 Å². The summed E-state index contributed by atoms with van der Waals surface area (Å²) in [4.78, 5) is 13.8. The highest BCUT2D eigenvalue weighted by Crippen LogP contribution is 2.24. The van der Waals surface area contributed by atoms with Gasteiger partial charge in [0.2, 0.25) is 0 Å². The normalized spacial score (nSPS) is 13.2. The minimum atomic E-state index is -1.53. The van der Waals surface area contributed by atoms with Crippen molar-refractivity contribution in [2.45, 2.75) is 18.6 Å². The van der Waals surface area contributed by atoms with Gasteiger partial charge in [-0.15, -0.1) is 0 Å². The molecule has 2 N–H and O–H groups in total. The maximum absolute atomic E-state index is 14.1. The van der Waals surface area contributed by atoms with Crippen molar-refractivity contribution in [3.63, 3.8) is 0 Å². The second kappa shape index (κ2) is 7.44. The molecule has 0 saturated heterocycles. The topological polar surface area (TPSA) is 116 Å². The van der Waals surface area contributed by atoms with E-state index < -0.39 is 24.0 Å². The minimum Gasteiger partial charge on any atom is -0.465 e. The lowest BCUT2D eigenvalue weighted by atomic mass is 9.99. The Bertz CT molecular complexity index is 531. The van der Waals surface area contributed by atoms with Gasteiger partial charge in [0.1, 0.15) is 11.9 Å². The number of hydrogen-bond donors (Lipinski definition) is 2. The van der Waals surface area contributed by atoms with Gasteiger partial charge in [0.05, 0.1) is 18.8 Å². The van der Waals surface area contributed by atoms with Gasteiger partial charge in [-0.25, -0.2) is 9.18 Å². The summed E-state index contributed by atoms with van der Waals surface area (Å²) in [5.41, 5.74) is 7.56. The zero-order valence-corrected chi connectivity index (χ0v) is 10.7. The summed E-state index contributed by atoms with van der Waals surface area (Å²) in [5, 5.41) is 22.8. The molecule has 2 atom stereocenters. The second-order valence-electron chi connectivity index (χ2n) is 3.96. The monoisotopic (exact) mass is 283 g/mol. The molecular weight excluding hydrogens is 269 g/mol. The van der Waals surface area contributed by atoms with Crippen molar-refractivity contribution in [3.8, 4) is 0 Å². The molecule has 1 aromatic carbocycles. The van der Waals surface area contributed by atoms with Gasteiger partial charge >= 0.3 is 5.97 Å². The number of azide groups is 1. The fourth-order valence-corrected chi connectivity index (χ4v) is 1.65. The SMILES string of the molecule is COC(=O)c1cccc(C(O)C(O)CCN=[N+]=[N-])c1F. The van der Waals surface area contributed by atoms with Crippen LogP contribution in [-0.4, -0.2) is 35.9 Å². The summed E-state index contributed by atoms with van der Waals surface area (Å²) < 4.78 is 18.5. The Hall–Kier alpha value is -2.15. The van der Waals surface area contributed by atoms with Crippen molar-refractivity contribution in [2.75, 3.05) is 13.7 Å². The third kappa shape index (κ3) is 3.67. The Morgan fingerprint density at radius 3 is 2.85 bits per heavy atom. The zero-order chi connectivity index (χ0) is 15.1. The minimum absolute atomic E-state index is 0.0346. The van der Waals surface area contributed by atoms with Gasteiger partial charge < -0.3 is 14.9 Å². The van der Waals surface area contributed by atoms with Crippen molar-refractivity contribution in [2.24, 2.45) is 5.11 Å². The van der Waals surface area contributed by atoms with Crippen molar-refractivity contribution >= 4 is 5.97 Å². The lowest BCUT2D eigenvalue weighted by Gasteiger charge is -2.18. The predicted molar refractivity (Wildman–Crippen MR) is 67.3 cm³/mol. The van der Waals surface area contributed by atoms with E-state index in [4.69, 9.17) is 5.53 Å². The van der Waals surface area contributed by atoms with Crippen LogP contribution in [-0.2, 0) is 4.74 Å². The van der Waals surface area contributed by atoms with Crippen LogP contribution in [0.1, 0.15) is 28.4 Å². The number of ether oxygens (including phenoxy) is 1. The summed E-state index contributed by atoms with van der Waals surface area (Å²) in [6.45, 7) is -0.0347. The number of hydrogen-bond acceptors (Lipinski definition) is 5. The van der Waals surface area contributed by atoms with Gasteiger partial charge in [-0.1, -0.05) is 17.2 Å². The molecule has 0 aliphatic heterocycles. The summed E-state index contributed by atoms with van der Waals surface area (Å²) in [6.07, 6.45) is -2.89. The fraction of sp³-hybridized carbons (Fsp3) is 0.417. The van der Waals surface area contributed by atoms with E-state index in [1.54, 1.807) is 0 Å². The van der Waals surface area contributed by atoms with E-state index in [-0.39, 0.29) is 24.1 Å². The summed E-state index contributed by atoms with van der Waals surface area (Å²) in [7, 11) is 1.11. The van der Waals surface area contributed by atoms with Crippen LogP contribution in [0.3, 0.4) is 0 Å². The molecule has 2 unspecified atom stereocenters. The Morgan fingerprint density at radius 1 is 1.55 bits per heavy atom. The number of rotatable bonds is 6. The van der Waals surface area contributed by atoms with Gasteiger partial charge in [-0.05, 0) is 18.0 Å². The van der Waals surface area contributed by atoms with Gasteiger partial charge in [-0.2, -0.15) is 0 Å². The molecule has 0 radical (unpaired) electrons. The first-order valence-corrected chi connectivity index (χ1v) is 5.76. The molecule has 0 aromatic heterocycles. The predicted octanol–water partition coefficient (Wildman–Crippen LogP) is 1.71. The number of methoxy groups -OCH3 is 1. The first-order valence-electron chi connectivity index (χ1n) is 5.76. The number of nitrogens with zero attached hydrogens (tertiary/aromatic N) is 3. The van der Waals surface area contributed by atoms with Crippen LogP contribution >= 0.6 is 0 Å². The molecule has 1 rings (SSSR count). The number of halogens is 1. The number of benzene rings is 1. The van der Waals surface area contributed by atoms with Gasteiger partial charge in [0, 0.05) is 17.0 Å². The molecule has 20 heavy (non-hydrogen) atoms. The van der Waals surface area contributed by atoms with Crippen molar-refractivity contribution < 1.29 is 24.1 Å². The lowest BCUT2D eigenvalue weighted by molar-refractivity contribution is 0.0128. The zero-order valence-electron chi connectivity index (χ0n) is 10.7. The number of esters is 1. The number of aliphatic hydroxyl groups is 2. The van der Waals surface area contributed by atoms with E-state index in [1.165, 1.54) is 18.2 Å². The van der Waals surface area contributed by atoms with E-state index in [1.807, 2.05) is 0 Å². The third-order valence-electron chi connectivity index (χ3n) is 2.71. The summed E-state index contributed by atoms with van der Waals surface area (Å²) in [6, 6.07) is 3.83. The Balaban J connectivity index is 2.95. The summed E-state index contributed by atoms with van der Waals surface area (Å²) in [5.74, 6) is -1.82. The highest BCUT2D eigenvalue weighted by atomic mass is 19.1. The molecule has 0 saturated carbocycles. The van der Waals surface area contributed by atoms with Crippen molar-refractivity contribution in [1.82, 2.24) is 0 Å². The quantitative estimate of drug-likeness (QED) is 0.358. The Kier molecular flexibility index (Phi) is 5.92. The smallest absolute Gasteiger partial charge is 0.340 e. The van der Waals surface area contributed by atoms with Gasteiger partial charge in [-0.3, -0.25) is 0 Å². The molecule has 0 spiro atoms. The molecule has 0 amide bonds. The van der Waals surface area contributed by atoms with E-state index in [0.29, 0.717) is 0 Å². The van der Waals surface area contributed by atoms with E-state index in [0.717, 1.165) is 7.11 Å². The number of aliphatic hydroxyl groups excluding tert-OH is 2. The van der Waals surface area contributed by atoms with E-state index >= 15 is 0 Å².